The predicted octanol–water partition coefficient (Wildman–Crippen LogP) is 3.50. The normalized spacial score (nSPS) is 18.1. The quantitative estimate of drug-likeness (QED) is 0.652. The van der Waals surface area contributed by atoms with Crippen LogP contribution in [0.1, 0.15) is 29.3 Å². The van der Waals surface area contributed by atoms with E-state index in [0.717, 1.165) is 42.1 Å². The number of rotatable bonds is 6. The summed E-state index contributed by atoms with van der Waals surface area (Å²) in [5, 5.41) is 7.51. The molecule has 3 aromatic rings. The number of nitrogens with one attached hydrogen (secondary N) is 2. The molecule has 4 rings (SSSR count). The largest absolute Gasteiger partial charge is 0.358 e. The van der Waals surface area contributed by atoms with E-state index in [1.54, 1.807) is 17.7 Å². The molecule has 1 aliphatic rings. The second-order valence-electron chi connectivity index (χ2n) is 7.77. The van der Waals surface area contributed by atoms with Gasteiger partial charge in [-0.05, 0) is 38.3 Å². The van der Waals surface area contributed by atoms with Gasteiger partial charge in [-0.3, -0.25) is 9.69 Å². The lowest BCUT2D eigenvalue weighted by Crippen LogP contribution is -2.44. The molecular weight excluding hydrogens is 382 g/mol. The molecular formula is C22H27N5OS. The number of aromatic nitrogens is 2. The van der Waals surface area contributed by atoms with E-state index >= 15 is 0 Å². The molecule has 1 amide bonds. The third kappa shape index (κ3) is 4.41. The highest BCUT2D eigenvalue weighted by Gasteiger charge is 2.26. The van der Waals surface area contributed by atoms with E-state index in [0.29, 0.717) is 0 Å². The summed E-state index contributed by atoms with van der Waals surface area (Å²) in [5.41, 5.74) is 2.48. The van der Waals surface area contributed by atoms with Crippen LogP contribution < -0.4 is 10.6 Å². The Balaban J connectivity index is 1.35. The van der Waals surface area contributed by atoms with Gasteiger partial charge in [0, 0.05) is 30.6 Å². The van der Waals surface area contributed by atoms with Crippen LogP contribution in [0.2, 0.25) is 0 Å². The van der Waals surface area contributed by atoms with Gasteiger partial charge >= 0.3 is 0 Å². The maximum atomic E-state index is 12.8. The van der Waals surface area contributed by atoms with Gasteiger partial charge in [-0.1, -0.05) is 30.3 Å². The minimum atomic E-state index is -0.365. The zero-order valence-corrected chi connectivity index (χ0v) is 17.9. The van der Waals surface area contributed by atoms with Crippen LogP contribution in [0.25, 0.3) is 10.2 Å². The van der Waals surface area contributed by atoms with Crippen LogP contribution in [0.15, 0.2) is 36.7 Å². The minimum Gasteiger partial charge on any atom is -0.358 e. The van der Waals surface area contributed by atoms with Crippen LogP contribution >= 0.6 is 11.3 Å². The molecule has 1 fully saturated rings. The van der Waals surface area contributed by atoms with Crippen molar-refractivity contribution < 1.29 is 4.79 Å². The van der Waals surface area contributed by atoms with Crippen molar-refractivity contribution in [1.29, 1.82) is 0 Å². The fraction of sp³-hybridized carbons (Fsp3) is 0.409. The van der Waals surface area contributed by atoms with E-state index in [4.69, 9.17) is 0 Å². The summed E-state index contributed by atoms with van der Waals surface area (Å²) < 4.78 is 0. The van der Waals surface area contributed by atoms with E-state index in [9.17, 15) is 4.79 Å². The highest BCUT2D eigenvalue weighted by molar-refractivity contribution is 7.18. The van der Waals surface area contributed by atoms with Crippen molar-refractivity contribution in [2.45, 2.75) is 45.8 Å². The monoisotopic (exact) mass is 409 g/mol. The minimum absolute atomic E-state index is 0.00734. The van der Waals surface area contributed by atoms with Crippen molar-refractivity contribution in [3.63, 3.8) is 0 Å². The SMILES string of the molecule is Cc1sc2ncnc(N[C@@H](C)C(=O)N[C@H]3CCN(Cc4ccccc4)C3)c2c1C. The van der Waals surface area contributed by atoms with Gasteiger partial charge in [0.2, 0.25) is 5.91 Å². The lowest BCUT2D eigenvalue weighted by atomic mass is 10.2. The van der Waals surface area contributed by atoms with Gasteiger partial charge in [-0.25, -0.2) is 9.97 Å². The van der Waals surface area contributed by atoms with E-state index < -0.39 is 0 Å². The fourth-order valence-electron chi connectivity index (χ4n) is 3.82. The third-order valence-electron chi connectivity index (χ3n) is 5.58. The van der Waals surface area contributed by atoms with Gasteiger partial charge in [-0.2, -0.15) is 0 Å². The molecule has 0 radical (unpaired) electrons. The van der Waals surface area contributed by atoms with Crippen molar-refractivity contribution in [2.75, 3.05) is 18.4 Å². The first-order valence-corrected chi connectivity index (χ1v) is 10.9. The number of likely N-dealkylation sites (tertiary alicyclic amines) is 1. The van der Waals surface area contributed by atoms with Gasteiger partial charge < -0.3 is 10.6 Å². The lowest BCUT2D eigenvalue weighted by Gasteiger charge is -2.20. The van der Waals surface area contributed by atoms with Crippen molar-refractivity contribution >= 4 is 33.3 Å². The van der Waals surface area contributed by atoms with Crippen molar-refractivity contribution in [3.8, 4) is 0 Å². The van der Waals surface area contributed by atoms with Gasteiger partial charge in [0.25, 0.3) is 0 Å². The molecule has 0 aliphatic carbocycles. The molecule has 2 N–H and O–H groups in total. The zero-order chi connectivity index (χ0) is 20.4. The second kappa shape index (κ2) is 8.47. The molecule has 2 atom stereocenters. The van der Waals surface area contributed by atoms with E-state index in [2.05, 4.69) is 63.6 Å². The maximum absolute atomic E-state index is 12.8. The maximum Gasteiger partial charge on any atom is 0.242 e. The molecule has 29 heavy (non-hydrogen) atoms. The number of thiophene rings is 1. The van der Waals surface area contributed by atoms with Gasteiger partial charge in [-0.15, -0.1) is 11.3 Å². The Hall–Kier alpha value is -2.51. The van der Waals surface area contributed by atoms with E-state index in [1.807, 2.05) is 13.0 Å². The highest BCUT2D eigenvalue weighted by atomic mass is 32.1. The molecule has 3 heterocycles. The number of aryl methyl sites for hydroxylation is 2. The molecule has 0 spiro atoms. The molecule has 7 heteroatoms. The number of amides is 1. The highest BCUT2D eigenvalue weighted by Crippen LogP contribution is 2.32. The van der Waals surface area contributed by atoms with Crippen LogP contribution in [0, 0.1) is 13.8 Å². The van der Waals surface area contributed by atoms with Crippen LogP contribution in [-0.2, 0) is 11.3 Å². The molecule has 0 bridgehead atoms. The Morgan fingerprint density at radius 2 is 2.07 bits per heavy atom. The molecule has 0 unspecified atom stereocenters. The standard InChI is InChI=1S/C22H27N5OS/c1-14-16(3)29-22-19(14)20(23-13-24-22)25-15(2)21(28)26-18-9-10-27(12-18)11-17-7-5-4-6-8-17/h4-8,13,15,18H,9-12H2,1-3H3,(H,26,28)(H,23,24,25)/t15-,18-/m0/s1. The summed E-state index contributed by atoms with van der Waals surface area (Å²) in [5.74, 6) is 0.740. The van der Waals surface area contributed by atoms with Crippen LogP contribution in [0.4, 0.5) is 5.82 Å². The average molecular weight is 410 g/mol. The summed E-state index contributed by atoms with van der Waals surface area (Å²) in [4.78, 5) is 26.1. The molecule has 6 nitrogen and oxygen atoms in total. The molecule has 2 aromatic heterocycles. The number of hydrogen-bond acceptors (Lipinski definition) is 6. The lowest BCUT2D eigenvalue weighted by molar-refractivity contribution is -0.122. The van der Waals surface area contributed by atoms with Crippen molar-refractivity contribution in [3.05, 3.63) is 52.7 Å². The first kappa shape index (κ1) is 19.8. The summed E-state index contributed by atoms with van der Waals surface area (Å²) in [6.07, 6.45) is 2.54. The summed E-state index contributed by atoms with van der Waals surface area (Å²) in [6.45, 7) is 8.86. The molecule has 1 aromatic carbocycles. The Labute approximate surface area is 175 Å². The summed E-state index contributed by atoms with van der Waals surface area (Å²) in [6, 6.07) is 10.3. The molecule has 0 saturated carbocycles. The van der Waals surface area contributed by atoms with Crippen molar-refractivity contribution in [2.24, 2.45) is 0 Å². The van der Waals surface area contributed by atoms with E-state index in [-0.39, 0.29) is 18.0 Å². The van der Waals surface area contributed by atoms with Crippen molar-refractivity contribution in [1.82, 2.24) is 20.2 Å². The molecule has 1 aliphatic heterocycles. The van der Waals surface area contributed by atoms with Crippen LogP contribution in [0.3, 0.4) is 0 Å². The number of benzene rings is 1. The number of anilines is 1. The first-order valence-electron chi connectivity index (χ1n) is 10.0. The van der Waals surface area contributed by atoms with Gasteiger partial charge in [0.05, 0.1) is 5.39 Å². The fourth-order valence-corrected chi connectivity index (χ4v) is 4.82. The Bertz CT molecular complexity index is 1000. The molecule has 152 valence electrons. The zero-order valence-electron chi connectivity index (χ0n) is 17.1. The summed E-state index contributed by atoms with van der Waals surface area (Å²) >= 11 is 1.66. The first-order chi connectivity index (χ1) is 14.0. The number of nitrogens with zero attached hydrogens (tertiary/aromatic N) is 3. The van der Waals surface area contributed by atoms with Crippen LogP contribution in [0.5, 0.6) is 0 Å². The van der Waals surface area contributed by atoms with Crippen LogP contribution in [-0.4, -0.2) is 45.9 Å². The number of carbonyl (C=O) groups excluding carboxylic acids is 1. The van der Waals surface area contributed by atoms with E-state index in [1.165, 1.54) is 16.0 Å². The Kier molecular flexibility index (Phi) is 5.78. The smallest absolute Gasteiger partial charge is 0.242 e. The predicted molar refractivity (Wildman–Crippen MR) is 118 cm³/mol. The summed E-state index contributed by atoms with van der Waals surface area (Å²) in [7, 11) is 0. The second-order valence-corrected chi connectivity index (χ2v) is 8.97. The third-order valence-corrected chi connectivity index (χ3v) is 6.69. The number of hydrogen-bond donors (Lipinski definition) is 2. The molecule has 1 saturated heterocycles. The Morgan fingerprint density at radius 3 is 2.86 bits per heavy atom. The number of fused-ring (bicyclic) bond motifs is 1. The number of carbonyl (C=O) groups is 1. The van der Waals surface area contributed by atoms with Gasteiger partial charge in [0.1, 0.15) is 23.0 Å². The van der Waals surface area contributed by atoms with Gasteiger partial charge in [0.15, 0.2) is 0 Å². The Morgan fingerprint density at radius 1 is 1.28 bits per heavy atom. The topological polar surface area (TPSA) is 70.1 Å². The average Bonchev–Trinajstić information content (AvgIpc) is 3.27.